The number of nitrogens with one attached hydrogen (secondary N) is 1. The molecule has 0 bridgehead atoms. The van der Waals surface area contributed by atoms with Crippen LogP contribution in [0.4, 0.5) is 9.39 Å². The topological polar surface area (TPSA) is 75.6 Å². The van der Waals surface area contributed by atoms with Crippen LogP contribution < -0.4 is 10.1 Å². The molecule has 1 heterocycles. The van der Waals surface area contributed by atoms with Crippen LogP contribution in [0.15, 0.2) is 35.7 Å². The van der Waals surface area contributed by atoms with Gasteiger partial charge in [0, 0.05) is 17.0 Å². The molecule has 0 aliphatic rings. The molecule has 0 aliphatic carbocycles. The molecule has 0 radical (unpaired) electrons. The summed E-state index contributed by atoms with van der Waals surface area (Å²) in [7, 11) is 1.37. The van der Waals surface area contributed by atoms with E-state index >= 15 is 0 Å². The number of methoxy groups -OCH3 is 1. The quantitative estimate of drug-likeness (QED) is 0.415. The lowest BCUT2D eigenvalue weighted by Crippen LogP contribution is -2.15. The molecule has 0 unspecified atom stereocenters. The summed E-state index contributed by atoms with van der Waals surface area (Å²) in [6.45, 7) is 0. The van der Waals surface area contributed by atoms with Crippen molar-refractivity contribution in [2.24, 2.45) is 0 Å². The van der Waals surface area contributed by atoms with Gasteiger partial charge in [0.05, 0.1) is 22.7 Å². The highest BCUT2D eigenvalue weighted by molar-refractivity contribution is 7.15. The van der Waals surface area contributed by atoms with Crippen molar-refractivity contribution in [2.75, 3.05) is 12.4 Å². The fourth-order valence-corrected chi connectivity index (χ4v) is 4.39. The fraction of sp³-hybridized carbons (Fsp3) is 0.0526. The number of carboxylic acids is 1. The van der Waals surface area contributed by atoms with Crippen molar-refractivity contribution in [3.05, 3.63) is 67.7 Å². The SMILES string of the molecule is COc1cc(Cl)c(C(=O)Nc2scc(-c3ccc(F)cc3)c2C(=O)O)c(Cl)c1Cl. The first kappa shape index (κ1) is 21.4. The van der Waals surface area contributed by atoms with Gasteiger partial charge in [0.25, 0.3) is 5.91 Å². The molecule has 150 valence electrons. The van der Waals surface area contributed by atoms with Gasteiger partial charge in [-0.05, 0) is 17.7 Å². The molecule has 2 N–H and O–H groups in total. The first-order chi connectivity index (χ1) is 13.7. The van der Waals surface area contributed by atoms with Gasteiger partial charge >= 0.3 is 5.97 Å². The van der Waals surface area contributed by atoms with Crippen molar-refractivity contribution in [3.8, 4) is 16.9 Å². The summed E-state index contributed by atoms with van der Waals surface area (Å²) < 4.78 is 18.2. The number of rotatable bonds is 5. The van der Waals surface area contributed by atoms with Crippen molar-refractivity contribution < 1.29 is 23.8 Å². The van der Waals surface area contributed by atoms with Crippen LogP contribution in [0.2, 0.25) is 15.1 Å². The van der Waals surface area contributed by atoms with Crippen LogP contribution in [0.1, 0.15) is 20.7 Å². The average molecular weight is 475 g/mol. The number of carboxylic acid groups (broad SMARTS) is 1. The van der Waals surface area contributed by atoms with Crippen molar-refractivity contribution in [1.82, 2.24) is 0 Å². The Morgan fingerprint density at radius 3 is 2.34 bits per heavy atom. The average Bonchev–Trinajstić information content (AvgIpc) is 3.09. The number of aromatic carboxylic acids is 1. The number of carbonyl (C=O) groups is 2. The fourth-order valence-electron chi connectivity index (χ4n) is 2.60. The zero-order chi connectivity index (χ0) is 21.3. The third kappa shape index (κ3) is 4.18. The van der Waals surface area contributed by atoms with E-state index in [2.05, 4.69) is 5.32 Å². The van der Waals surface area contributed by atoms with Gasteiger partial charge in [-0.2, -0.15) is 0 Å². The summed E-state index contributed by atoms with van der Waals surface area (Å²) in [5.41, 5.74) is 0.570. The number of anilines is 1. The number of carbonyl (C=O) groups excluding carboxylic acids is 1. The molecule has 0 fully saturated rings. The van der Waals surface area contributed by atoms with Crippen LogP contribution in [-0.4, -0.2) is 24.1 Å². The summed E-state index contributed by atoms with van der Waals surface area (Å²) >= 11 is 19.4. The zero-order valence-corrected chi connectivity index (χ0v) is 17.6. The minimum atomic E-state index is -1.26. The predicted octanol–water partition coefficient (Wildman–Crippen LogP) is 6.47. The molecule has 29 heavy (non-hydrogen) atoms. The predicted molar refractivity (Wildman–Crippen MR) is 113 cm³/mol. The van der Waals surface area contributed by atoms with Gasteiger partial charge in [0.2, 0.25) is 0 Å². The van der Waals surface area contributed by atoms with Crippen molar-refractivity contribution >= 4 is 63.0 Å². The Morgan fingerprint density at radius 1 is 1.10 bits per heavy atom. The molecular weight excluding hydrogens is 464 g/mol. The number of thiophene rings is 1. The van der Waals surface area contributed by atoms with E-state index in [0.29, 0.717) is 11.1 Å². The minimum Gasteiger partial charge on any atom is -0.495 e. The van der Waals surface area contributed by atoms with E-state index in [0.717, 1.165) is 11.3 Å². The second kappa shape index (κ2) is 8.59. The third-order valence-corrected chi connectivity index (χ3v) is 6.00. The molecule has 3 aromatic rings. The van der Waals surface area contributed by atoms with Gasteiger partial charge in [-0.3, -0.25) is 4.79 Å². The monoisotopic (exact) mass is 473 g/mol. The van der Waals surface area contributed by atoms with E-state index in [1.54, 1.807) is 5.38 Å². The lowest BCUT2D eigenvalue weighted by Gasteiger charge is -2.12. The molecule has 0 saturated heterocycles. The molecule has 1 amide bonds. The molecule has 1 aromatic heterocycles. The van der Waals surface area contributed by atoms with E-state index in [9.17, 15) is 19.1 Å². The first-order valence-corrected chi connectivity index (χ1v) is 9.89. The number of benzene rings is 2. The highest BCUT2D eigenvalue weighted by Crippen LogP contribution is 2.41. The summed E-state index contributed by atoms with van der Waals surface area (Å²) in [5, 5.41) is 13.6. The van der Waals surface area contributed by atoms with Crippen molar-refractivity contribution in [1.29, 1.82) is 0 Å². The van der Waals surface area contributed by atoms with Crippen LogP contribution in [0.25, 0.3) is 11.1 Å². The summed E-state index contributed by atoms with van der Waals surface area (Å²) in [4.78, 5) is 24.6. The van der Waals surface area contributed by atoms with Crippen LogP contribution in [-0.2, 0) is 0 Å². The number of hydrogen-bond acceptors (Lipinski definition) is 4. The maximum atomic E-state index is 13.2. The molecule has 10 heteroatoms. The smallest absolute Gasteiger partial charge is 0.339 e. The van der Waals surface area contributed by atoms with E-state index in [4.69, 9.17) is 39.5 Å². The summed E-state index contributed by atoms with van der Waals surface area (Å²) in [6.07, 6.45) is 0. The molecule has 0 saturated carbocycles. The summed E-state index contributed by atoms with van der Waals surface area (Å²) in [6, 6.07) is 6.67. The number of halogens is 4. The van der Waals surface area contributed by atoms with Crippen LogP contribution in [0, 0.1) is 5.82 Å². The molecule has 0 aliphatic heterocycles. The first-order valence-electron chi connectivity index (χ1n) is 7.88. The minimum absolute atomic E-state index is 0.000329. The Balaban J connectivity index is 2.01. The van der Waals surface area contributed by atoms with Gasteiger partial charge in [0.15, 0.2) is 0 Å². The Kier molecular flexibility index (Phi) is 6.33. The third-order valence-electron chi connectivity index (χ3n) is 3.96. The molecule has 5 nitrogen and oxygen atoms in total. The Labute approximate surface area is 183 Å². The number of ether oxygens (including phenoxy) is 1. The maximum Gasteiger partial charge on any atom is 0.339 e. The zero-order valence-electron chi connectivity index (χ0n) is 14.6. The van der Waals surface area contributed by atoms with Crippen molar-refractivity contribution in [3.63, 3.8) is 0 Å². The summed E-state index contributed by atoms with van der Waals surface area (Å²) in [5.74, 6) is -2.25. The lowest BCUT2D eigenvalue weighted by atomic mass is 10.0. The lowest BCUT2D eigenvalue weighted by molar-refractivity contribution is 0.0699. The Hall–Kier alpha value is -2.32. The van der Waals surface area contributed by atoms with E-state index < -0.39 is 17.7 Å². The maximum absolute atomic E-state index is 13.2. The van der Waals surface area contributed by atoms with Crippen LogP contribution in [0.3, 0.4) is 0 Å². The standard InChI is InChI=1S/C19H11Cl3FNO4S/c1-28-12-6-11(20)14(16(22)15(12)21)17(25)24-18-13(19(26)27)10(7-29-18)8-2-4-9(23)5-3-8/h2-7H,1H3,(H,24,25)(H,26,27). The molecule has 3 rings (SSSR count). The number of amides is 1. The second-order valence-electron chi connectivity index (χ2n) is 5.68. The highest BCUT2D eigenvalue weighted by atomic mass is 35.5. The molecular formula is C19H11Cl3FNO4S. The Morgan fingerprint density at radius 2 is 1.76 bits per heavy atom. The van der Waals surface area contributed by atoms with Gasteiger partial charge in [-0.15, -0.1) is 11.3 Å². The highest BCUT2D eigenvalue weighted by Gasteiger charge is 2.25. The van der Waals surface area contributed by atoms with Crippen LogP contribution in [0.5, 0.6) is 5.75 Å². The Bertz CT molecular complexity index is 1120. The molecule has 0 atom stereocenters. The van der Waals surface area contributed by atoms with Crippen LogP contribution >= 0.6 is 46.1 Å². The van der Waals surface area contributed by atoms with Crippen molar-refractivity contribution in [2.45, 2.75) is 0 Å². The normalized spacial score (nSPS) is 10.7. The van der Waals surface area contributed by atoms with E-state index in [1.165, 1.54) is 37.4 Å². The van der Waals surface area contributed by atoms with E-state index in [-0.39, 0.29) is 36.9 Å². The second-order valence-corrected chi connectivity index (χ2v) is 7.73. The molecule has 0 spiro atoms. The molecule has 2 aromatic carbocycles. The van der Waals surface area contributed by atoms with Gasteiger partial charge in [-0.1, -0.05) is 46.9 Å². The van der Waals surface area contributed by atoms with Gasteiger partial charge in [-0.25, -0.2) is 9.18 Å². The van der Waals surface area contributed by atoms with Gasteiger partial charge < -0.3 is 15.2 Å². The number of hydrogen-bond donors (Lipinski definition) is 2. The van der Waals surface area contributed by atoms with E-state index in [1.807, 2.05) is 0 Å². The largest absolute Gasteiger partial charge is 0.495 e. The van der Waals surface area contributed by atoms with Gasteiger partial charge in [0.1, 0.15) is 27.2 Å².